The van der Waals surface area contributed by atoms with E-state index in [9.17, 15) is 13.2 Å². The first-order chi connectivity index (χ1) is 18.6. The van der Waals surface area contributed by atoms with Gasteiger partial charge in [0, 0.05) is 12.1 Å². The molecule has 4 bridgehead atoms. The van der Waals surface area contributed by atoms with Crippen LogP contribution in [0, 0.1) is 23.7 Å². The van der Waals surface area contributed by atoms with Gasteiger partial charge in [-0.25, -0.2) is 4.79 Å². The fourth-order valence-electron chi connectivity index (χ4n) is 8.73. The maximum atomic E-state index is 13.6. The van der Waals surface area contributed by atoms with Crippen LogP contribution in [-0.4, -0.2) is 43.7 Å². The van der Waals surface area contributed by atoms with Crippen molar-refractivity contribution in [3.8, 4) is 0 Å². The molecule has 7 heteroatoms. The van der Waals surface area contributed by atoms with E-state index >= 15 is 0 Å². The third-order valence-electron chi connectivity index (χ3n) is 9.36. The van der Waals surface area contributed by atoms with E-state index in [0.29, 0.717) is 10.8 Å². The number of unbranched alkanes of at least 4 members (excludes halogenated alkanes) is 6. The van der Waals surface area contributed by atoms with Gasteiger partial charge in [0.1, 0.15) is 5.60 Å². The molecule has 0 radical (unpaired) electrons. The molecular formula is C33H53NO5S. The van der Waals surface area contributed by atoms with Gasteiger partial charge >= 0.3 is 6.09 Å². The monoisotopic (exact) mass is 575 g/mol. The van der Waals surface area contributed by atoms with Crippen LogP contribution < -0.4 is 0 Å². The van der Waals surface area contributed by atoms with Crippen LogP contribution in [-0.2, 0) is 19.0 Å². The van der Waals surface area contributed by atoms with Gasteiger partial charge in [0.15, 0.2) is 0 Å². The van der Waals surface area contributed by atoms with Crippen molar-refractivity contribution in [3.63, 3.8) is 0 Å². The lowest BCUT2D eigenvalue weighted by Crippen LogP contribution is -2.66. The topological polar surface area (TPSA) is 72.9 Å². The van der Waals surface area contributed by atoms with Crippen molar-refractivity contribution >= 4 is 16.2 Å². The number of rotatable bonds is 13. The zero-order valence-electron chi connectivity index (χ0n) is 25.9. The summed E-state index contributed by atoms with van der Waals surface area (Å²) in [5.41, 5.74) is 1.17. The smallest absolute Gasteiger partial charge is 0.410 e. The highest BCUT2D eigenvalue weighted by Crippen LogP contribution is 2.67. The maximum absolute atomic E-state index is 13.6. The molecule has 1 aromatic carbocycles. The standard InChI is InChI=1S/C33H53NO5S/c1-26-14-16-28(17-15-26)40(36,37)38-19-13-11-9-7-8-10-12-18-34(29(35)39-30(2,3)4)33-22-27-20-31(5,24-33)23-32(6,21-27)25-33/h14-17,27H,7-13,18-25H2,1-6H3/t27?,31-,32+,33?. The van der Waals surface area contributed by atoms with Gasteiger partial charge in [-0.05, 0) is 108 Å². The highest BCUT2D eigenvalue weighted by molar-refractivity contribution is 7.86. The average molecular weight is 576 g/mol. The number of hydrogen-bond donors (Lipinski definition) is 0. The van der Waals surface area contributed by atoms with Crippen LogP contribution in [0.15, 0.2) is 29.2 Å². The molecule has 40 heavy (non-hydrogen) atoms. The van der Waals surface area contributed by atoms with E-state index in [4.69, 9.17) is 8.92 Å². The first-order valence-electron chi connectivity index (χ1n) is 15.6. The van der Waals surface area contributed by atoms with Crippen molar-refractivity contribution in [1.82, 2.24) is 4.90 Å². The van der Waals surface area contributed by atoms with Crippen LogP contribution in [0.25, 0.3) is 0 Å². The summed E-state index contributed by atoms with van der Waals surface area (Å²) in [6.07, 6.45) is 14.2. The van der Waals surface area contributed by atoms with Crippen molar-refractivity contribution in [2.45, 2.75) is 141 Å². The lowest BCUT2D eigenvalue weighted by atomic mass is 9.42. The number of nitrogens with zero attached hydrogens (tertiary/aromatic N) is 1. The predicted octanol–water partition coefficient (Wildman–Crippen LogP) is 8.42. The van der Waals surface area contributed by atoms with Gasteiger partial charge in [0.25, 0.3) is 10.1 Å². The lowest BCUT2D eigenvalue weighted by Gasteiger charge is -2.67. The molecule has 0 heterocycles. The zero-order valence-corrected chi connectivity index (χ0v) is 26.7. The summed E-state index contributed by atoms with van der Waals surface area (Å²) in [7, 11) is -3.68. The molecule has 6 nitrogen and oxygen atoms in total. The molecule has 4 fully saturated rings. The highest BCUT2D eigenvalue weighted by atomic mass is 32.2. The molecule has 226 valence electrons. The Bertz CT molecular complexity index is 1100. The molecule has 0 aliphatic heterocycles. The van der Waals surface area contributed by atoms with E-state index < -0.39 is 15.7 Å². The Morgan fingerprint density at radius 3 is 1.98 bits per heavy atom. The van der Waals surface area contributed by atoms with Crippen molar-refractivity contribution in [3.05, 3.63) is 29.8 Å². The molecule has 5 rings (SSSR count). The first kappa shape index (κ1) is 31.3. The third-order valence-corrected chi connectivity index (χ3v) is 10.7. The van der Waals surface area contributed by atoms with Gasteiger partial charge in [-0.15, -0.1) is 0 Å². The van der Waals surface area contributed by atoms with Crippen molar-refractivity contribution < 1.29 is 22.1 Å². The number of aryl methyl sites for hydroxylation is 1. The summed E-state index contributed by atoms with van der Waals surface area (Å²) in [6, 6.07) is 6.76. The maximum Gasteiger partial charge on any atom is 0.410 e. The number of amides is 1. The fraction of sp³-hybridized carbons (Fsp3) is 0.788. The Morgan fingerprint density at radius 1 is 0.875 bits per heavy atom. The number of hydrogen-bond acceptors (Lipinski definition) is 5. The fourth-order valence-corrected chi connectivity index (χ4v) is 9.67. The largest absolute Gasteiger partial charge is 0.444 e. The molecule has 1 aromatic rings. The zero-order chi connectivity index (χ0) is 29.2. The van der Waals surface area contributed by atoms with Gasteiger partial charge in [-0.1, -0.05) is 63.6 Å². The second kappa shape index (κ2) is 11.9. The number of benzene rings is 1. The highest BCUT2D eigenvalue weighted by Gasteiger charge is 2.62. The molecule has 0 aromatic heterocycles. The van der Waals surface area contributed by atoms with E-state index in [2.05, 4.69) is 18.7 Å². The van der Waals surface area contributed by atoms with Gasteiger partial charge in [-0.3, -0.25) is 4.18 Å². The summed E-state index contributed by atoms with van der Waals surface area (Å²) >= 11 is 0. The normalized spacial score (nSPS) is 29.5. The minimum absolute atomic E-state index is 0.0514. The van der Waals surface area contributed by atoms with Crippen LogP contribution in [0.3, 0.4) is 0 Å². The van der Waals surface area contributed by atoms with Crippen LogP contribution in [0.1, 0.15) is 124 Å². The van der Waals surface area contributed by atoms with Crippen LogP contribution in [0.4, 0.5) is 4.79 Å². The molecule has 0 N–H and O–H groups in total. The molecule has 0 spiro atoms. The Hall–Kier alpha value is -1.60. The minimum atomic E-state index is -3.68. The van der Waals surface area contributed by atoms with Crippen LogP contribution in [0.5, 0.6) is 0 Å². The Kier molecular flexibility index (Phi) is 9.36. The van der Waals surface area contributed by atoms with Crippen LogP contribution in [0.2, 0.25) is 0 Å². The Morgan fingerprint density at radius 2 is 1.43 bits per heavy atom. The van der Waals surface area contributed by atoms with Gasteiger partial charge < -0.3 is 9.64 Å². The average Bonchev–Trinajstić information content (AvgIpc) is 2.79. The summed E-state index contributed by atoms with van der Waals surface area (Å²) < 4.78 is 35.8. The first-order valence-corrected chi connectivity index (χ1v) is 17.0. The number of carbonyl (C=O) groups excluding carboxylic acids is 1. The molecule has 4 aliphatic carbocycles. The molecular weight excluding hydrogens is 522 g/mol. The van der Waals surface area contributed by atoms with Gasteiger partial charge in [0.05, 0.1) is 11.5 Å². The second-order valence-corrected chi connectivity index (χ2v) is 16.7. The molecule has 0 saturated heterocycles. The summed E-state index contributed by atoms with van der Waals surface area (Å²) in [5.74, 6) is 0.729. The van der Waals surface area contributed by atoms with E-state index in [-0.39, 0.29) is 23.1 Å². The second-order valence-electron chi connectivity index (χ2n) is 15.1. The third kappa shape index (κ3) is 7.81. The SMILES string of the molecule is Cc1ccc(S(=O)(=O)OCCCCCCCCCN(C(=O)OC(C)(C)C)C23CC4C[C@@](C)(C2)C[C@](C)(C4)C3)cc1. The number of carbonyl (C=O) groups is 1. The summed E-state index contributed by atoms with van der Waals surface area (Å²) in [4.78, 5) is 16.0. The Balaban J connectivity index is 1.20. The van der Waals surface area contributed by atoms with E-state index in [1.54, 1.807) is 24.3 Å². The molecule has 1 amide bonds. The van der Waals surface area contributed by atoms with Gasteiger partial charge in [0.2, 0.25) is 0 Å². The minimum Gasteiger partial charge on any atom is -0.444 e. The van der Waals surface area contributed by atoms with E-state index in [1.807, 2.05) is 27.7 Å². The molecule has 4 saturated carbocycles. The molecule has 2 unspecified atom stereocenters. The van der Waals surface area contributed by atoms with Crippen molar-refractivity contribution in [1.29, 1.82) is 0 Å². The summed E-state index contributed by atoms with van der Waals surface area (Å²) in [6.45, 7) is 13.7. The molecule has 4 aliphatic rings. The van der Waals surface area contributed by atoms with E-state index in [1.165, 1.54) is 19.3 Å². The number of ether oxygens (including phenoxy) is 1. The molecule has 4 atom stereocenters. The predicted molar refractivity (Wildman–Crippen MR) is 160 cm³/mol. The lowest BCUT2D eigenvalue weighted by molar-refractivity contribution is -0.157. The Labute approximate surface area is 243 Å². The van der Waals surface area contributed by atoms with Gasteiger partial charge in [-0.2, -0.15) is 8.42 Å². The quantitative estimate of drug-likeness (QED) is 0.174. The van der Waals surface area contributed by atoms with E-state index in [0.717, 1.165) is 82.2 Å². The van der Waals surface area contributed by atoms with Crippen molar-refractivity contribution in [2.75, 3.05) is 13.2 Å². The van der Waals surface area contributed by atoms with Crippen LogP contribution >= 0.6 is 0 Å². The van der Waals surface area contributed by atoms with Crippen molar-refractivity contribution in [2.24, 2.45) is 16.7 Å². The summed E-state index contributed by atoms with van der Waals surface area (Å²) in [5, 5.41) is 0.